The van der Waals surface area contributed by atoms with Crippen molar-refractivity contribution < 1.29 is 9.53 Å². The van der Waals surface area contributed by atoms with Crippen LogP contribution in [0, 0.1) is 0 Å². The van der Waals surface area contributed by atoms with Crippen LogP contribution in [0.15, 0.2) is 18.2 Å². The van der Waals surface area contributed by atoms with Crippen molar-refractivity contribution >= 4 is 40.9 Å². The summed E-state index contributed by atoms with van der Waals surface area (Å²) >= 11 is 13.4. The summed E-state index contributed by atoms with van der Waals surface area (Å²) in [6.45, 7) is 2.00. The molecule has 1 aromatic carbocycles. The zero-order valence-corrected chi connectivity index (χ0v) is 12.0. The van der Waals surface area contributed by atoms with Gasteiger partial charge in [0.25, 0.3) is 0 Å². The number of esters is 1. The molecule has 0 aromatic heterocycles. The van der Waals surface area contributed by atoms with Crippen molar-refractivity contribution in [3.05, 3.63) is 33.8 Å². The standard InChI is InChI=1S/C12H14Cl2O2S/c1-8(5-12(15)16-2)17-7-9-3-4-10(13)11(14)6-9/h3-4,6,8H,5,7H2,1-2H3. The summed E-state index contributed by atoms with van der Waals surface area (Å²) in [6, 6.07) is 5.57. The molecule has 1 unspecified atom stereocenters. The van der Waals surface area contributed by atoms with Gasteiger partial charge in [0.15, 0.2) is 0 Å². The number of hydrogen-bond donors (Lipinski definition) is 0. The Hall–Kier alpha value is -0.380. The highest BCUT2D eigenvalue weighted by Crippen LogP contribution is 2.26. The Morgan fingerprint density at radius 1 is 1.41 bits per heavy atom. The molecule has 0 N–H and O–H groups in total. The average molecular weight is 293 g/mol. The number of benzene rings is 1. The maximum absolute atomic E-state index is 11.1. The van der Waals surface area contributed by atoms with E-state index in [1.165, 1.54) is 7.11 Å². The number of thioether (sulfide) groups is 1. The van der Waals surface area contributed by atoms with Crippen LogP contribution in [-0.4, -0.2) is 18.3 Å². The molecule has 0 aliphatic carbocycles. The SMILES string of the molecule is COC(=O)CC(C)SCc1ccc(Cl)c(Cl)c1. The molecule has 0 fully saturated rings. The zero-order chi connectivity index (χ0) is 12.8. The second-order valence-corrected chi connectivity index (χ2v) is 5.89. The molecule has 17 heavy (non-hydrogen) atoms. The average Bonchev–Trinajstić information content (AvgIpc) is 2.30. The van der Waals surface area contributed by atoms with Crippen LogP contribution in [0.25, 0.3) is 0 Å². The van der Waals surface area contributed by atoms with Gasteiger partial charge in [0.2, 0.25) is 0 Å². The van der Waals surface area contributed by atoms with Crippen molar-refractivity contribution in [2.24, 2.45) is 0 Å². The minimum Gasteiger partial charge on any atom is -0.469 e. The van der Waals surface area contributed by atoms with E-state index in [0.717, 1.165) is 11.3 Å². The van der Waals surface area contributed by atoms with Crippen molar-refractivity contribution in [2.45, 2.75) is 24.3 Å². The van der Waals surface area contributed by atoms with E-state index in [1.54, 1.807) is 17.8 Å². The van der Waals surface area contributed by atoms with Crippen LogP contribution in [-0.2, 0) is 15.3 Å². The quantitative estimate of drug-likeness (QED) is 0.762. The summed E-state index contributed by atoms with van der Waals surface area (Å²) in [5.41, 5.74) is 1.10. The molecule has 0 aliphatic rings. The first-order chi connectivity index (χ1) is 8.02. The predicted octanol–water partition coefficient (Wildman–Crippen LogP) is 4.18. The number of rotatable bonds is 5. The molecule has 1 rings (SSSR count). The predicted molar refractivity (Wildman–Crippen MR) is 73.9 cm³/mol. The highest BCUT2D eigenvalue weighted by atomic mass is 35.5. The first-order valence-corrected chi connectivity index (χ1v) is 6.95. The largest absolute Gasteiger partial charge is 0.469 e. The topological polar surface area (TPSA) is 26.3 Å². The van der Waals surface area contributed by atoms with E-state index < -0.39 is 0 Å². The molecule has 0 saturated heterocycles. The summed E-state index contributed by atoms with van der Waals surface area (Å²) in [5, 5.41) is 1.34. The molecular formula is C12H14Cl2O2S. The Bertz CT molecular complexity index is 396. The molecule has 0 heterocycles. The van der Waals surface area contributed by atoms with Gasteiger partial charge in [0.05, 0.1) is 23.6 Å². The van der Waals surface area contributed by atoms with Gasteiger partial charge in [-0.2, -0.15) is 11.8 Å². The summed E-state index contributed by atoms with van der Waals surface area (Å²) in [5.74, 6) is 0.619. The minimum absolute atomic E-state index is 0.181. The number of halogens is 2. The molecule has 5 heteroatoms. The van der Waals surface area contributed by atoms with Crippen LogP contribution in [0.3, 0.4) is 0 Å². The molecule has 0 spiro atoms. The fourth-order valence-corrected chi connectivity index (χ4v) is 2.48. The maximum atomic E-state index is 11.1. The van der Waals surface area contributed by atoms with Gasteiger partial charge in [-0.25, -0.2) is 0 Å². The van der Waals surface area contributed by atoms with Crippen LogP contribution < -0.4 is 0 Å². The Morgan fingerprint density at radius 2 is 2.12 bits per heavy atom. The van der Waals surface area contributed by atoms with E-state index in [2.05, 4.69) is 4.74 Å². The summed E-state index contributed by atoms with van der Waals surface area (Å²) < 4.78 is 4.62. The molecular weight excluding hydrogens is 279 g/mol. The second kappa shape index (κ2) is 7.14. The lowest BCUT2D eigenvalue weighted by Gasteiger charge is -2.10. The third-order valence-corrected chi connectivity index (χ3v) is 4.18. The van der Waals surface area contributed by atoms with E-state index in [4.69, 9.17) is 23.2 Å². The fourth-order valence-electron chi connectivity index (χ4n) is 1.24. The first-order valence-electron chi connectivity index (χ1n) is 5.15. The van der Waals surface area contributed by atoms with Gasteiger partial charge in [-0.15, -0.1) is 0 Å². The van der Waals surface area contributed by atoms with Gasteiger partial charge < -0.3 is 4.74 Å². The Balaban J connectivity index is 2.44. The van der Waals surface area contributed by atoms with Gasteiger partial charge in [-0.05, 0) is 17.7 Å². The lowest BCUT2D eigenvalue weighted by Crippen LogP contribution is -2.08. The number of ether oxygens (including phenoxy) is 1. The lowest BCUT2D eigenvalue weighted by molar-refractivity contribution is -0.140. The Labute approximate surface area is 116 Å². The Kier molecular flexibility index (Phi) is 6.17. The van der Waals surface area contributed by atoms with Gasteiger partial charge in [0, 0.05) is 11.0 Å². The van der Waals surface area contributed by atoms with Gasteiger partial charge in [0.1, 0.15) is 0 Å². The maximum Gasteiger partial charge on any atom is 0.306 e. The van der Waals surface area contributed by atoms with Gasteiger partial charge in [-0.1, -0.05) is 36.2 Å². The van der Waals surface area contributed by atoms with Crippen LogP contribution >= 0.6 is 35.0 Å². The summed E-state index contributed by atoms with van der Waals surface area (Å²) in [4.78, 5) is 11.1. The Morgan fingerprint density at radius 3 is 2.71 bits per heavy atom. The summed E-state index contributed by atoms with van der Waals surface area (Å²) in [6.07, 6.45) is 0.419. The molecule has 0 bridgehead atoms. The second-order valence-electron chi connectivity index (χ2n) is 3.65. The zero-order valence-electron chi connectivity index (χ0n) is 9.70. The molecule has 0 radical (unpaired) electrons. The van der Waals surface area contributed by atoms with Gasteiger partial charge in [-0.3, -0.25) is 4.79 Å². The van der Waals surface area contributed by atoms with E-state index in [1.807, 2.05) is 19.1 Å². The fraction of sp³-hybridized carbons (Fsp3) is 0.417. The van der Waals surface area contributed by atoms with Crippen LogP contribution in [0.1, 0.15) is 18.9 Å². The number of methoxy groups -OCH3 is 1. The lowest BCUT2D eigenvalue weighted by atomic mass is 10.2. The third kappa shape index (κ3) is 5.19. The molecule has 1 aromatic rings. The van der Waals surface area contributed by atoms with Crippen LogP contribution in [0.2, 0.25) is 10.0 Å². The van der Waals surface area contributed by atoms with E-state index in [-0.39, 0.29) is 11.2 Å². The normalized spacial score (nSPS) is 12.2. The van der Waals surface area contributed by atoms with Crippen molar-refractivity contribution in [1.29, 1.82) is 0 Å². The first kappa shape index (κ1) is 14.7. The number of carbonyl (C=O) groups excluding carboxylic acids is 1. The molecule has 0 aliphatic heterocycles. The highest BCUT2D eigenvalue weighted by molar-refractivity contribution is 7.99. The monoisotopic (exact) mass is 292 g/mol. The van der Waals surface area contributed by atoms with Crippen molar-refractivity contribution in [3.63, 3.8) is 0 Å². The smallest absolute Gasteiger partial charge is 0.306 e. The third-order valence-electron chi connectivity index (χ3n) is 2.20. The molecule has 94 valence electrons. The minimum atomic E-state index is -0.181. The molecule has 1 atom stereocenters. The van der Waals surface area contributed by atoms with E-state index in [9.17, 15) is 4.79 Å². The summed E-state index contributed by atoms with van der Waals surface area (Å²) in [7, 11) is 1.40. The molecule has 0 amide bonds. The van der Waals surface area contributed by atoms with Gasteiger partial charge >= 0.3 is 5.97 Å². The van der Waals surface area contributed by atoms with E-state index >= 15 is 0 Å². The van der Waals surface area contributed by atoms with E-state index in [0.29, 0.717) is 16.5 Å². The highest BCUT2D eigenvalue weighted by Gasteiger charge is 2.10. The number of carbonyl (C=O) groups is 1. The van der Waals surface area contributed by atoms with Crippen LogP contribution in [0.5, 0.6) is 0 Å². The van der Waals surface area contributed by atoms with Crippen LogP contribution in [0.4, 0.5) is 0 Å². The molecule has 2 nitrogen and oxygen atoms in total. The van der Waals surface area contributed by atoms with Crippen molar-refractivity contribution in [1.82, 2.24) is 0 Å². The van der Waals surface area contributed by atoms with Crippen molar-refractivity contribution in [2.75, 3.05) is 7.11 Å². The van der Waals surface area contributed by atoms with Crippen molar-refractivity contribution in [3.8, 4) is 0 Å². The number of hydrogen-bond acceptors (Lipinski definition) is 3. The molecule has 0 saturated carbocycles.